The number of nitrogens with one attached hydrogen (secondary N) is 1. The van der Waals surface area contributed by atoms with Crippen molar-refractivity contribution < 1.29 is 0 Å². The van der Waals surface area contributed by atoms with Gasteiger partial charge in [-0.25, -0.2) is 0 Å². The summed E-state index contributed by atoms with van der Waals surface area (Å²) >= 11 is 1.90. The summed E-state index contributed by atoms with van der Waals surface area (Å²) in [5.41, 5.74) is 0. The van der Waals surface area contributed by atoms with Gasteiger partial charge in [-0.05, 0) is 63.2 Å². The largest absolute Gasteiger partial charge is 0.311 e. The first-order valence-electron chi connectivity index (χ1n) is 8.13. The first kappa shape index (κ1) is 16.0. The summed E-state index contributed by atoms with van der Waals surface area (Å²) in [4.78, 5) is 5.52. The molecule has 1 aromatic rings. The van der Waals surface area contributed by atoms with Crippen molar-refractivity contribution in [1.29, 1.82) is 0 Å². The Bertz CT molecular complexity index is 386. The molecule has 1 unspecified atom stereocenters. The van der Waals surface area contributed by atoms with Crippen molar-refractivity contribution in [2.24, 2.45) is 11.8 Å². The van der Waals surface area contributed by atoms with E-state index >= 15 is 0 Å². The number of aryl methyl sites for hydroxylation is 1. The summed E-state index contributed by atoms with van der Waals surface area (Å²) in [6.45, 7) is 12.9. The van der Waals surface area contributed by atoms with Gasteiger partial charge in [0, 0.05) is 29.4 Å². The van der Waals surface area contributed by atoms with Crippen LogP contribution in [0.5, 0.6) is 0 Å². The van der Waals surface area contributed by atoms with E-state index in [9.17, 15) is 0 Å². The monoisotopic (exact) mass is 294 g/mol. The molecule has 114 valence electrons. The fourth-order valence-corrected chi connectivity index (χ4v) is 3.96. The highest BCUT2D eigenvalue weighted by atomic mass is 32.1. The Labute approximate surface area is 128 Å². The maximum Gasteiger partial charge on any atom is 0.0300 e. The Hall–Kier alpha value is -0.380. The number of rotatable bonds is 6. The average Bonchev–Trinajstić information content (AvgIpc) is 2.69. The van der Waals surface area contributed by atoms with Crippen molar-refractivity contribution in [3.05, 3.63) is 21.9 Å². The molecular formula is C17H30N2S. The molecule has 1 atom stereocenters. The Balaban J connectivity index is 1.62. The minimum Gasteiger partial charge on any atom is -0.311 e. The Kier molecular flexibility index (Phi) is 6.53. The Morgan fingerprint density at radius 3 is 2.85 bits per heavy atom. The van der Waals surface area contributed by atoms with Gasteiger partial charge in [0.25, 0.3) is 0 Å². The highest BCUT2D eigenvalue weighted by Crippen LogP contribution is 2.24. The summed E-state index contributed by atoms with van der Waals surface area (Å²) in [6, 6.07) is 4.45. The van der Waals surface area contributed by atoms with Crippen molar-refractivity contribution in [2.45, 2.75) is 46.6 Å². The van der Waals surface area contributed by atoms with Crippen molar-refractivity contribution in [3.8, 4) is 0 Å². The lowest BCUT2D eigenvalue weighted by atomic mass is 9.89. The van der Waals surface area contributed by atoms with E-state index in [0.717, 1.165) is 24.9 Å². The predicted molar refractivity (Wildman–Crippen MR) is 89.4 cm³/mol. The lowest BCUT2D eigenvalue weighted by Crippen LogP contribution is -2.32. The third-order valence-corrected chi connectivity index (χ3v) is 5.51. The second-order valence-corrected chi connectivity index (χ2v) is 7.84. The first-order chi connectivity index (χ1) is 9.65. The minimum absolute atomic E-state index is 0.857. The lowest BCUT2D eigenvalue weighted by Gasteiger charge is -2.21. The van der Waals surface area contributed by atoms with Gasteiger partial charge < -0.3 is 10.2 Å². The van der Waals surface area contributed by atoms with Gasteiger partial charge in [-0.1, -0.05) is 13.8 Å². The average molecular weight is 295 g/mol. The molecule has 0 spiro atoms. The van der Waals surface area contributed by atoms with Crippen LogP contribution in [0.1, 0.15) is 42.9 Å². The third kappa shape index (κ3) is 5.19. The molecule has 0 amide bonds. The maximum atomic E-state index is 3.59. The zero-order valence-electron chi connectivity index (χ0n) is 13.3. The smallest absolute Gasteiger partial charge is 0.0300 e. The molecule has 0 saturated carbocycles. The molecule has 1 fully saturated rings. The van der Waals surface area contributed by atoms with Gasteiger partial charge in [-0.2, -0.15) is 0 Å². The molecule has 2 nitrogen and oxygen atoms in total. The topological polar surface area (TPSA) is 15.3 Å². The number of hydrogen-bond acceptors (Lipinski definition) is 3. The number of hydrogen-bond donors (Lipinski definition) is 1. The van der Waals surface area contributed by atoms with Gasteiger partial charge in [0.05, 0.1) is 0 Å². The van der Waals surface area contributed by atoms with Crippen LogP contribution in [0.2, 0.25) is 0 Å². The highest BCUT2D eigenvalue weighted by Gasteiger charge is 2.18. The van der Waals surface area contributed by atoms with Crippen LogP contribution in [0.25, 0.3) is 0 Å². The second kappa shape index (κ2) is 8.16. The van der Waals surface area contributed by atoms with Gasteiger partial charge in [-0.15, -0.1) is 11.3 Å². The fraction of sp³-hybridized carbons (Fsp3) is 0.765. The molecule has 0 aromatic carbocycles. The van der Waals surface area contributed by atoms with Crippen LogP contribution >= 0.6 is 11.3 Å². The Morgan fingerprint density at radius 1 is 1.30 bits per heavy atom. The molecule has 0 radical (unpaired) electrons. The second-order valence-electron chi connectivity index (χ2n) is 6.47. The molecule has 1 aromatic heterocycles. The van der Waals surface area contributed by atoms with Crippen LogP contribution in [-0.4, -0.2) is 31.1 Å². The summed E-state index contributed by atoms with van der Waals surface area (Å²) in [7, 11) is 0. The highest BCUT2D eigenvalue weighted by molar-refractivity contribution is 7.11. The first-order valence-corrected chi connectivity index (χ1v) is 8.95. The number of nitrogens with zero attached hydrogens (tertiary/aromatic N) is 1. The molecule has 2 rings (SSSR count). The summed E-state index contributed by atoms with van der Waals surface area (Å²) in [6.07, 6.45) is 4.20. The lowest BCUT2D eigenvalue weighted by molar-refractivity contribution is 0.271. The summed E-state index contributed by atoms with van der Waals surface area (Å²) in [5.74, 6) is 1.80. The van der Waals surface area contributed by atoms with E-state index in [0.29, 0.717) is 0 Å². The predicted octanol–water partition coefficient (Wildman–Crippen LogP) is 3.90. The van der Waals surface area contributed by atoms with E-state index < -0.39 is 0 Å². The summed E-state index contributed by atoms with van der Waals surface area (Å²) < 4.78 is 0. The van der Waals surface area contributed by atoms with Crippen molar-refractivity contribution in [2.75, 3.05) is 26.2 Å². The third-order valence-electron chi connectivity index (χ3n) is 4.51. The molecule has 1 aliphatic heterocycles. The maximum absolute atomic E-state index is 3.59. The van der Waals surface area contributed by atoms with E-state index in [-0.39, 0.29) is 0 Å². The SMILES string of the molecule is Cc1ccc(CNCCN2CCCC(C(C)C)CC2)s1. The van der Waals surface area contributed by atoms with Gasteiger partial charge in [-0.3, -0.25) is 0 Å². The van der Waals surface area contributed by atoms with E-state index in [1.54, 1.807) is 0 Å². The molecule has 20 heavy (non-hydrogen) atoms. The number of likely N-dealkylation sites (tertiary alicyclic amines) is 1. The van der Waals surface area contributed by atoms with Crippen LogP contribution in [0.3, 0.4) is 0 Å². The molecule has 1 N–H and O–H groups in total. The quantitative estimate of drug-likeness (QED) is 0.800. The van der Waals surface area contributed by atoms with Crippen molar-refractivity contribution in [1.82, 2.24) is 10.2 Å². The zero-order valence-corrected chi connectivity index (χ0v) is 14.1. The van der Waals surface area contributed by atoms with Crippen LogP contribution in [0.15, 0.2) is 12.1 Å². The van der Waals surface area contributed by atoms with Crippen molar-refractivity contribution in [3.63, 3.8) is 0 Å². The Morgan fingerprint density at radius 2 is 2.15 bits per heavy atom. The molecule has 0 bridgehead atoms. The van der Waals surface area contributed by atoms with Crippen LogP contribution in [0, 0.1) is 18.8 Å². The molecule has 0 aliphatic carbocycles. The molecule has 1 saturated heterocycles. The number of thiophene rings is 1. The van der Waals surface area contributed by atoms with Crippen molar-refractivity contribution >= 4 is 11.3 Å². The van der Waals surface area contributed by atoms with Crippen LogP contribution < -0.4 is 5.32 Å². The van der Waals surface area contributed by atoms with Gasteiger partial charge >= 0.3 is 0 Å². The van der Waals surface area contributed by atoms with Gasteiger partial charge in [0.1, 0.15) is 0 Å². The minimum atomic E-state index is 0.857. The van der Waals surface area contributed by atoms with Crippen LogP contribution in [0.4, 0.5) is 0 Å². The van der Waals surface area contributed by atoms with E-state index in [1.165, 1.54) is 48.7 Å². The van der Waals surface area contributed by atoms with E-state index in [4.69, 9.17) is 0 Å². The molecular weight excluding hydrogens is 264 g/mol. The van der Waals surface area contributed by atoms with E-state index in [2.05, 4.69) is 43.1 Å². The molecule has 1 aliphatic rings. The van der Waals surface area contributed by atoms with Gasteiger partial charge in [0.2, 0.25) is 0 Å². The molecule has 2 heterocycles. The van der Waals surface area contributed by atoms with Crippen LogP contribution in [-0.2, 0) is 6.54 Å². The molecule has 3 heteroatoms. The van der Waals surface area contributed by atoms with E-state index in [1.807, 2.05) is 11.3 Å². The fourth-order valence-electron chi connectivity index (χ4n) is 3.10. The van der Waals surface area contributed by atoms with Gasteiger partial charge in [0.15, 0.2) is 0 Å². The standard InChI is InChI=1S/C17H30N2S/c1-14(2)16-5-4-10-19(11-8-16)12-9-18-13-17-7-6-15(3)20-17/h6-7,14,16,18H,4-5,8-13H2,1-3H3. The zero-order chi connectivity index (χ0) is 14.4. The summed E-state index contributed by atoms with van der Waals surface area (Å²) in [5, 5.41) is 3.59. The normalized spacial score (nSPS) is 21.3.